The summed E-state index contributed by atoms with van der Waals surface area (Å²) in [4.78, 5) is 12.9. The number of hydrogen-bond acceptors (Lipinski definition) is 6. The van der Waals surface area contributed by atoms with Gasteiger partial charge in [-0.05, 0) is 111 Å². The molecule has 0 unspecified atom stereocenters. The fourth-order valence-electron chi connectivity index (χ4n) is 11.4. The van der Waals surface area contributed by atoms with Crippen LogP contribution in [0.15, 0.2) is 56.4 Å². The first-order valence-corrected chi connectivity index (χ1v) is 33.5. The molecule has 0 spiro atoms. The van der Waals surface area contributed by atoms with Crippen molar-refractivity contribution in [3.8, 4) is 54.6 Å². The summed E-state index contributed by atoms with van der Waals surface area (Å²) in [6.45, 7) is 10.5. The molecule has 0 fully saturated rings. The molecule has 0 N–H and O–H groups in total. The Kier molecular flexibility index (Phi) is 26.1. The van der Waals surface area contributed by atoms with Crippen molar-refractivity contribution < 1.29 is 9.47 Å². The average molecular weight is 1170 g/mol. The van der Waals surface area contributed by atoms with E-state index in [4.69, 9.17) is 19.4 Å². The number of unbranched alkanes of at least 4 members (excludes halogenated alkanes) is 28. The number of rotatable bonds is 40. The van der Waals surface area contributed by atoms with Crippen LogP contribution in [0.5, 0.6) is 11.5 Å². The van der Waals surface area contributed by atoms with E-state index in [1.807, 2.05) is 35.1 Å². The van der Waals surface area contributed by atoms with Crippen molar-refractivity contribution in [2.24, 2.45) is 0 Å². The second kappa shape index (κ2) is 32.8. The number of fused-ring (bicyclic) bond motifs is 5. The van der Waals surface area contributed by atoms with Crippen molar-refractivity contribution >= 4 is 76.3 Å². The molecule has 0 radical (unpaired) electrons. The molecule has 74 heavy (non-hydrogen) atoms. The van der Waals surface area contributed by atoms with Gasteiger partial charge in [0.15, 0.2) is 0 Å². The molecule has 3 aromatic carbocycles. The highest BCUT2D eigenvalue weighted by molar-refractivity contribution is 9.11. The molecule has 1 aliphatic rings. The summed E-state index contributed by atoms with van der Waals surface area (Å²) in [5, 5.41) is 2.47. The lowest BCUT2D eigenvalue weighted by Crippen LogP contribution is -2.04. The van der Waals surface area contributed by atoms with Crippen molar-refractivity contribution in [3.63, 3.8) is 0 Å². The average Bonchev–Trinajstić information content (AvgIpc) is 4.10. The van der Waals surface area contributed by atoms with Gasteiger partial charge in [-0.3, -0.25) is 9.97 Å². The van der Waals surface area contributed by atoms with Crippen LogP contribution in [0.1, 0.15) is 244 Å². The summed E-state index contributed by atoms with van der Waals surface area (Å²) in [5.41, 5.74) is 11.6. The lowest BCUT2D eigenvalue weighted by molar-refractivity contribution is 0.303. The lowest BCUT2D eigenvalue weighted by atomic mass is 9.93. The van der Waals surface area contributed by atoms with Gasteiger partial charge in [-0.25, -0.2) is 0 Å². The molecule has 1 aliphatic carbocycles. The van der Waals surface area contributed by atoms with Gasteiger partial charge in [0, 0.05) is 49.8 Å². The van der Waals surface area contributed by atoms with E-state index in [0.717, 1.165) is 64.9 Å². The second-order valence-electron chi connectivity index (χ2n) is 21.7. The Hall–Kier alpha value is -2.78. The molecule has 3 heterocycles. The van der Waals surface area contributed by atoms with E-state index in [1.165, 1.54) is 249 Å². The van der Waals surface area contributed by atoms with Crippen LogP contribution < -0.4 is 9.47 Å². The summed E-state index contributed by atoms with van der Waals surface area (Å²) in [6.07, 6.45) is 47.4. The number of aryl methyl sites for hydroxylation is 2. The van der Waals surface area contributed by atoms with Gasteiger partial charge in [0.05, 0.1) is 31.9 Å². The molecule has 6 aromatic rings. The smallest absolute Gasteiger partial charge is 0.138 e. The van der Waals surface area contributed by atoms with Crippen molar-refractivity contribution in [3.05, 3.63) is 67.5 Å². The van der Waals surface area contributed by atoms with Crippen LogP contribution in [0.25, 0.3) is 64.9 Å². The molecule has 0 atom stereocenters. The fourth-order valence-corrected chi connectivity index (χ4v) is 15.0. The first-order chi connectivity index (χ1) is 36.5. The molecule has 0 aliphatic heterocycles. The van der Waals surface area contributed by atoms with E-state index in [-0.39, 0.29) is 0 Å². The van der Waals surface area contributed by atoms with Gasteiger partial charge < -0.3 is 9.47 Å². The van der Waals surface area contributed by atoms with Crippen molar-refractivity contribution in [2.75, 3.05) is 13.2 Å². The second-order valence-corrected chi connectivity index (χ2v) is 26.4. The summed E-state index contributed by atoms with van der Waals surface area (Å²) < 4.78 is 17.2. The molecule has 7 rings (SSSR count). The third-order valence-corrected chi connectivity index (χ3v) is 19.6. The van der Waals surface area contributed by atoms with Crippen LogP contribution >= 0.6 is 54.5 Å². The molecule has 0 saturated heterocycles. The largest absolute Gasteiger partial charge is 0.492 e. The first-order valence-electron chi connectivity index (χ1n) is 30.2. The number of aromatic nitrogens is 2. The van der Waals surface area contributed by atoms with Crippen molar-refractivity contribution in [1.29, 1.82) is 0 Å². The number of benzene rings is 3. The number of ether oxygens (including phenoxy) is 2. The van der Waals surface area contributed by atoms with Crippen LogP contribution in [-0.2, 0) is 12.8 Å². The van der Waals surface area contributed by atoms with Gasteiger partial charge in [0.25, 0.3) is 0 Å². The maximum Gasteiger partial charge on any atom is 0.138 e. The van der Waals surface area contributed by atoms with Gasteiger partial charge in [-0.1, -0.05) is 226 Å². The van der Waals surface area contributed by atoms with E-state index >= 15 is 0 Å². The first kappa shape index (κ1) is 58.9. The zero-order chi connectivity index (χ0) is 51.7. The van der Waals surface area contributed by atoms with Gasteiger partial charge in [-0.2, -0.15) is 0 Å². The minimum Gasteiger partial charge on any atom is -0.492 e. The molecular weight excluding hydrogens is 1080 g/mol. The predicted molar refractivity (Wildman–Crippen MR) is 332 cm³/mol. The van der Waals surface area contributed by atoms with Gasteiger partial charge in [0.1, 0.15) is 17.0 Å². The fraction of sp³-hybridized carbons (Fsp3) is 0.606. The summed E-state index contributed by atoms with van der Waals surface area (Å²) in [6, 6.07) is 14.2. The molecule has 0 bridgehead atoms. The van der Waals surface area contributed by atoms with Crippen molar-refractivity contribution in [1.82, 2.24) is 9.97 Å². The van der Waals surface area contributed by atoms with Gasteiger partial charge in [-0.15, -0.1) is 22.7 Å². The van der Waals surface area contributed by atoms with Crippen LogP contribution in [-0.4, -0.2) is 23.2 Å². The standard InChI is InChI=1S/C66H92Br2N2O2S2/c1-5-9-13-17-21-23-25-27-29-33-38-50-47-54(73-65(50)67)53-46-49-40-37-41-52-56(49)59(63(53)71-44-35-31-19-15-11-7-3)60-57(52)61-62(70-43-42-69-61)58(64(60)72-45-36-32-20-16-12-8-4)55-48-51(66(68)74-55)39-34-30-28-26-24-22-18-14-10-6-2/h37,40-43,46-48H,5-36,38-39,44-45H2,1-4H3. The SMILES string of the molecule is CCCCCCCCCCCCc1cc(-c2cc3cccc4c3c(c2OCCCCCCCC)-c2c(OCCCCCCCC)c(-c3cc(CCCCCCCCCCCC)c(Br)s3)c3nccnc3c2-4)sc1Br. The molecule has 0 saturated carbocycles. The maximum absolute atomic E-state index is 7.40. The third-order valence-electron chi connectivity index (χ3n) is 15.6. The van der Waals surface area contributed by atoms with E-state index in [1.54, 1.807) is 0 Å². The third kappa shape index (κ3) is 16.4. The molecular formula is C66H92Br2N2O2S2. The van der Waals surface area contributed by atoms with E-state index in [9.17, 15) is 0 Å². The van der Waals surface area contributed by atoms with E-state index in [2.05, 4.69) is 96.0 Å². The van der Waals surface area contributed by atoms with Gasteiger partial charge >= 0.3 is 0 Å². The monoisotopic (exact) mass is 1170 g/mol. The minimum atomic E-state index is 0.655. The maximum atomic E-state index is 7.40. The minimum absolute atomic E-state index is 0.655. The zero-order valence-electron chi connectivity index (χ0n) is 46.4. The van der Waals surface area contributed by atoms with Crippen LogP contribution in [0.4, 0.5) is 0 Å². The zero-order valence-corrected chi connectivity index (χ0v) is 51.2. The molecule has 0 amide bonds. The molecule has 3 aromatic heterocycles. The van der Waals surface area contributed by atoms with E-state index in [0.29, 0.717) is 13.2 Å². The van der Waals surface area contributed by atoms with Crippen LogP contribution in [0, 0.1) is 0 Å². The van der Waals surface area contributed by atoms with Crippen molar-refractivity contribution in [2.45, 2.75) is 246 Å². The highest BCUT2D eigenvalue weighted by Crippen LogP contribution is 2.62. The Bertz CT molecular complexity index is 2600. The highest BCUT2D eigenvalue weighted by atomic mass is 79.9. The Morgan fingerprint density at radius 1 is 0.405 bits per heavy atom. The van der Waals surface area contributed by atoms with E-state index < -0.39 is 0 Å². The molecule has 404 valence electrons. The predicted octanol–water partition coefficient (Wildman–Crippen LogP) is 23.8. The number of halogens is 2. The summed E-state index contributed by atoms with van der Waals surface area (Å²) in [5.74, 6) is 1.93. The summed E-state index contributed by atoms with van der Waals surface area (Å²) >= 11 is 11.9. The molecule has 4 nitrogen and oxygen atoms in total. The Morgan fingerprint density at radius 2 is 0.824 bits per heavy atom. The normalized spacial score (nSPS) is 12.0. The summed E-state index contributed by atoms with van der Waals surface area (Å²) in [7, 11) is 0. The molecule has 8 heteroatoms. The number of hydrogen-bond donors (Lipinski definition) is 0. The quantitative estimate of drug-likeness (QED) is 0.0359. The van der Waals surface area contributed by atoms with Crippen LogP contribution in [0.2, 0.25) is 0 Å². The lowest BCUT2D eigenvalue weighted by Gasteiger charge is -2.21. The highest BCUT2D eigenvalue weighted by Gasteiger charge is 2.36. The topological polar surface area (TPSA) is 44.2 Å². The number of nitrogens with zero attached hydrogens (tertiary/aromatic N) is 2. The number of thiophene rings is 2. The van der Waals surface area contributed by atoms with Gasteiger partial charge in [0.2, 0.25) is 0 Å². The van der Waals surface area contributed by atoms with Crippen LogP contribution in [0.3, 0.4) is 0 Å². The Morgan fingerprint density at radius 3 is 1.32 bits per heavy atom. The Labute approximate surface area is 473 Å². The Balaban J connectivity index is 1.26.